The Hall–Kier alpha value is -1.37. The summed E-state index contributed by atoms with van der Waals surface area (Å²) in [6.07, 6.45) is 3.73. The van der Waals surface area contributed by atoms with Crippen LogP contribution in [0.3, 0.4) is 0 Å². The topological polar surface area (TPSA) is 80.7 Å². The van der Waals surface area contributed by atoms with Crippen molar-refractivity contribution in [2.75, 3.05) is 26.8 Å². The molecule has 19 heavy (non-hydrogen) atoms. The highest BCUT2D eigenvalue weighted by Gasteiger charge is 2.20. The van der Waals surface area contributed by atoms with Crippen molar-refractivity contribution in [2.45, 2.75) is 19.4 Å². The molecule has 0 spiro atoms. The first-order valence-electron chi connectivity index (χ1n) is 6.52. The molecule has 0 saturated carbocycles. The molecular weight excluding hydrogens is 246 g/mol. The molecule has 2 rings (SSSR count). The summed E-state index contributed by atoms with van der Waals surface area (Å²) in [6, 6.07) is 1.74. The number of rotatable bonds is 5. The van der Waals surface area contributed by atoms with E-state index in [1.165, 1.54) is 6.26 Å². The quantitative estimate of drug-likeness (QED) is 0.467. The van der Waals surface area contributed by atoms with Gasteiger partial charge in [-0.1, -0.05) is 0 Å². The van der Waals surface area contributed by atoms with Gasteiger partial charge in [-0.3, -0.25) is 15.1 Å². The van der Waals surface area contributed by atoms with Crippen LogP contribution in [0.4, 0.5) is 0 Å². The number of nitrogens with one attached hydrogen (secondary N) is 1. The van der Waals surface area contributed by atoms with Gasteiger partial charge in [-0.25, -0.2) is 5.84 Å². The fourth-order valence-electron chi connectivity index (χ4n) is 2.43. The fraction of sp³-hybridized carbons (Fsp3) is 0.615. The molecule has 2 heterocycles. The molecule has 3 N–H and O–H groups in total. The van der Waals surface area contributed by atoms with Crippen LogP contribution in [0.25, 0.3) is 0 Å². The standard InChI is InChI=1S/C13H21N3O3/c1-18-8-10-2-4-16(5-3-10)7-12-6-11(9-19-12)13(17)15-14/h6,9-10H,2-5,7-8,14H2,1H3,(H,15,17). The minimum atomic E-state index is -0.325. The smallest absolute Gasteiger partial charge is 0.268 e. The second kappa shape index (κ2) is 6.70. The maximum absolute atomic E-state index is 11.3. The molecule has 1 saturated heterocycles. The third kappa shape index (κ3) is 3.79. The largest absolute Gasteiger partial charge is 0.467 e. The van der Waals surface area contributed by atoms with Crippen LogP contribution in [0, 0.1) is 5.92 Å². The van der Waals surface area contributed by atoms with Gasteiger partial charge in [-0.05, 0) is 37.9 Å². The minimum Gasteiger partial charge on any atom is -0.467 e. The van der Waals surface area contributed by atoms with Crippen LogP contribution in [0.2, 0.25) is 0 Å². The van der Waals surface area contributed by atoms with Gasteiger partial charge in [0, 0.05) is 13.7 Å². The van der Waals surface area contributed by atoms with Crippen LogP contribution in [-0.4, -0.2) is 37.6 Å². The second-order valence-corrected chi connectivity index (χ2v) is 4.95. The molecule has 0 aromatic carbocycles. The maximum atomic E-state index is 11.3. The van der Waals surface area contributed by atoms with Gasteiger partial charge in [0.1, 0.15) is 12.0 Å². The Balaban J connectivity index is 1.82. The molecule has 1 aliphatic rings. The molecule has 1 aromatic rings. The van der Waals surface area contributed by atoms with Crippen LogP contribution in [0.15, 0.2) is 16.7 Å². The normalized spacial score (nSPS) is 17.6. The highest BCUT2D eigenvalue weighted by Crippen LogP contribution is 2.19. The van der Waals surface area contributed by atoms with E-state index in [4.69, 9.17) is 15.0 Å². The molecule has 0 radical (unpaired) electrons. The first-order valence-corrected chi connectivity index (χ1v) is 6.52. The molecule has 1 aliphatic heterocycles. The summed E-state index contributed by atoms with van der Waals surface area (Å²) in [4.78, 5) is 13.6. The first kappa shape index (κ1) is 14.0. The van der Waals surface area contributed by atoms with Crippen LogP contribution in [0.1, 0.15) is 29.0 Å². The zero-order valence-electron chi connectivity index (χ0n) is 11.2. The predicted octanol–water partition coefficient (Wildman–Crippen LogP) is 0.742. The predicted molar refractivity (Wildman–Crippen MR) is 70.2 cm³/mol. The summed E-state index contributed by atoms with van der Waals surface area (Å²) in [6.45, 7) is 3.65. The zero-order valence-corrected chi connectivity index (χ0v) is 11.2. The summed E-state index contributed by atoms with van der Waals surface area (Å²) in [5.74, 6) is 6.21. The van der Waals surface area contributed by atoms with Gasteiger partial charge >= 0.3 is 0 Å². The lowest BCUT2D eigenvalue weighted by Crippen LogP contribution is -2.34. The van der Waals surface area contributed by atoms with Gasteiger partial charge in [0.25, 0.3) is 5.91 Å². The number of nitrogens with zero attached hydrogens (tertiary/aromatic N) is 1. The van der Waals surface area contributed by atoms with Crippen molar-refractivity contribution in [1.82, 2.24) is 10.3 Å². The lowest BCUT2D eigenvalue weighted by Gasteiger charge is -2.30. The molecule has 6 nitrogen and oxygen atoms in total. The number of furan rings is 1. The SMILES string of the molecule is COCC1CCN(Cc2cc(C(=O)NN)co2)CC1. The van der Waals surface area contributed by atoms with Crippen molar-refractivity contribution in [3.8, 4) is 0 Å². The molecule has 1 aromatic heterocycles. The number of likely N-dealkylation sites (tertiary alicyclic amines) is 1. The number of hydrogen-bond acceptors (Lipinski definition) is 5. The monoisotopic (exact) mass is 267 g/mol. The van der Waals surface area contributed by atoms with E-state index in [0.717, 1.165) is 44.8 Å². The van der Waals surface area contributed by atoms with Gasteiger partial charge in [0.15, 0.2) is 0 Å². The van der Waals surface area contributed by atoms with Gasteiger partial charge in [-0.2, -0.15) is 0 Å². The summed E-state index contributed by atoms with van der Waals surface area (Å²) < 4.78 is 10.6. The molecule has 6 heteroatoms. The molecule has 0 atom stereocenters. The Morgan fingerprint density at radius 1 is 1.58 bits per heavy atom. The number of carbonyl (C=O) groups is 1. The lowest BCUT2D eigenvalue weighted by molar-refractivity contribution is 0.0939. The van der Waals surface area contributed by atoms with E-state index in [-0.39, 0.29) is 5.91 Å². The van der Waals surface area contributed by atoms with E-state index in [1.54, 1.807) is 13.2 Å². The Labute approximate surface area is 112 Å². The van der Waals surface area contributed by atoms with Gasteiger partial charge in [-0.15, -0.1) is 0 Å². The number of methoxy groups -OCH3 is 1. The van der Waals surface area contributed by atoms with Gasteiger partial charge < -0.3 is 9.15 Å². The highest BCUT2D eigenvalue weighted by molar-refractivity contribution is 5.93. The van der Waals surface area contributed by atoms with E-state index >= 15 is 0 Å². The maximum Gasteiger partial charge on any atom is 0.268 e. The van der Waals surface area contributed by atoms with Crippen molar-refractivity contribution >= 4 is 5.91 Å². The number of hydrazine groups is 1. The fourth-order valence-corrected chi connectivity index (χ4v) is 2.43. The minimum absolute atomic E-state index is 0.325. The number of nitrogen functional groups attached to an aromatic ring is 1. The van der Waals surface area contributed by atoms with E-state index in [9.17, 15) is 4.79 Å². The van der Waals surface area contributed by atoms with Crippen LogP contribution in [0.5, 0.6) is 0 Å². The Morgan fingerprint density at radius 2 is 2.32 bits per heavy atom. The van der Waals surface area contributed by atoms with Crippen molar-refractivity contribution < 1.29 is 13.9 Å². The lowest BCUT2D eigenvalue weighted by atomic mass is 9.98. The number of piperidine rings is 1. The van der Waals surface area contributed by atoms with Crippen molar-refractivity contribution in [2.24, 2.45) is 11.8 Å². The number of ether oxygens (including phenoxy) is 1. The molecule has 0 bridgehead atoms. The summed E-state index contributed by atoms with van der Waals surface area (Å²) in [5, 5.41) is 0. The second-order valence-electron chi connectivity index (χ2n) is 4.95. The molecule has 106 valence electrons. The van der Waals surface area contributed by atoms with Crippen molar-refractivity contribution in [3.63, 3.8) is 0 Å². The van der Waals surface area contributed by atoms with Crippen molar-refractivity contribution in [1.29, 1.82) is 0 Å². The molecular formula is C13H21N3O3. The average Bonchev–Trinajstić information content (AvgIpc) is 2.89. The Kier molecular flexibility index (Phi) is 4.95. The third-order valence-corrected chi connectivity index (χ3v) is 3.54. The van der Waals surface area contributed by atoms with E-state index in [2.05, 4.69) is 10.3 Å². The summed E-state index contributed by atoms with van der Waals surface area (Å²) >= 11 is 0. The third-order valence-electron chi connectivity index (χ3n) is 3.54. The Bertz CT molecular complexity index is 411. The van der Waals surface area contributed by atoms with Crippen LogP contribution in [-0.2, 0) is 11.3 Å². The average molecular weight is 267 g/mol. The van der Waals surface area contributed by atoms with Crippen LogP contribution >= 0.6 is 0 Å². The number of carbonyl (C=O) groups excluding carboxylic acids is 1. The van der Waals surface area contributed by atoms with E-state index in [1.807, 2.05) is 0 Å². The first-order chi connectivity index (χ1) is 9.22. The van der Waals surface area contributed by atoms with Gasteiger partial charge in [0.05, 0.1) is 12.1 Å². The van der Waals surface area contributed by atoms with E-state index < -0.39 is 0 Å². The van der Waals surface area contributed by atoms with E-state index in [0.29, 0.717) is 11.5 Å². The number of amides is 1. The van der Waals surface area contributed by atoms with Crippen LogP contribution < -0.4 is 11.3 Å². The van der Waals surface area contributed by atoms with Gasteiger partial charge in [0.2, 0.25) is 0 Å². The summed E-state index contributed by atoms with van der Waals surface area (Å²) in [5.41, 5.74) is 2.56. The van der Waals surface area contributed by atoms with Crippen molar-refractivity contribution in [3.05, 3.63) is 23.7 Å². The Morgan fingerprint density at radius 3 is 2.95 bits per heavy atom. The molecule has 1 fully saturated rings. The highest BCUT2D eigenvalue weighted by atomic mass is 16.5. The summed E-state index contributed by atoms with van der Waals surface area (Å²) in [7, 11) is 1.75. The zero-order chi connectivity index (χ0) is 13.7. The molecule has 1 amide bonds. The number of hydrogen-bond donors (Lipinski definition) is 2. The molecule has 0 aliphatic carbocycles. The molecule has 0 unspecified atom stereocenters. The number of nitrogens with two attached hydrogens (primary N) is 1.